The lowest BCUT2D eigenvalue weighted by atomic mass is 10.00. The summed E-state index contributed by atoms with van der Waals surface area (Å²) in [7, 11) is 0. The summed E-state index contributed by atoms with van der Waals surface area (Å²) in [6.45, 7) is 2.17. The van der Waals surface area contributed by atoms with Gasteiger partial charge in [-0.1, -0.05) is 0 Å². The van der Waals surface area contributed by atoms with Gasteiger partial charge in [0.1, 0.15) is 0 Å². The van der Waals surface area contributed by atoms with Crippen LogP contribution in [0.3, 0.4) is 0 Å². The highest BCUT2D eigenvalue weighted by Gasteiger charge is 2.66. The second-order valence-corrected chi connectivity index (χ2v) is 8.65. The normalized spacial score (nSPS) is 43.8. The zero-order chi connectivity index (χ0) is 11.7. The summed E-state index contributed by atoms with van der Waals surface area (Å²) in [5.41, 5.74) is 0. The molecule has 3 heteroatoms. The number of aryl methyl sites for hydroxylation is 1. The number of thiophene rings is 1. The minimum absolute atomic E-state index is 0.265. The van der Waals surface area contributed by atoms with E-state index in [9.17, 15) is 0 Å². The van der Waals surface area contributed by atoms with E-state index in [1.807, 2.05) is 11.3 Å². The largest absolute Gasteiger partial charge is 0.143 e. The Morgan fingerprint density at radius 3 is 2.53 bits per heavy atom. The van der Waals surface area contributed by atoms with Crippen molar-refractivity contribution in [3.05, 3.63) is 20.3 Å². The van der Waals surface area contributed by atoms with Gasteiger partial charge in [-0.25, -0.2) is 0 Å². The van der Waals surface area contributed by atoms with E-state index in [0.29, 0.717) is 0 Å². The van der Waals surface area contributed by atoms with Crippen LogP contribution < -0.4 is 0 Å². The highest BCUT2D eigenvalue weighted by atomic mass is 79.9. The minimum atomic E-state index is 0.265. The summed E-state index contributed by atoms with van der Waals surface area (Å²) >= 11 is 12.3. The van der Waals surface area contributed by atoms with E-state index in [1.165, 1.54) is 33.5 Å². The van der Waals surface area contributed by atoms with Crippen LogP contribution in [0.25, 0.3) is 0 Å². The van der Waals surface area contributed by atoms with E-state index in [0.717, 1.165) is 29.6 Å². The summed E-state index contributed by atoms with van der Waals surface area (Å²) in [5.74, 6) is 4.79. The highest BCUT2D eigenvalue weighted by Crippen LogP contribution is 2.73. The Hall–Kier alpha value is 0.470. The molecular formula is C14H16BrClS. The second kappa shape index (κ2) is 3.74. The molecule has 0 radical (unpaired) electrons. The number of halogens is 2. The Kier molecular flexibility index (Phi) is 2.49. The van der Waals surface area contributed by atoms with Gasteiger partial charge in [-0.3, -0.25) is 0 Å². The van der Waals surface area contributed by atoms with Crippen LogP contribution in [-0.4, -0.2) is 0 Å². The van der Waals surface area contributed by atoms with Gasteiger partial charge in [-0.2, -0.15) is 0 Å². The molecule has 3 fully saturated rings. The van der Waals surface area contributed by atoms with Crippen molar-refractivity contribution < 1.29 is 0 Å². The van der Waals surface area contributed by atoms with Gasteiger partial charge in [-0.05, 0) is 77.8 Å². The van der Waals surface area contributed by atoms with E-state index in [2.05, 4.69) is 28.9 Å². The van der Waals surface area contributed by atoms with Crippen molar-refractivity contribution in [1.82, 2.24) is 0 Å². The number of hydrogen-bond donors (Lipinski definition) is 0. The average Bonchev–Trinajstić information content (AvgIpc) is 2.59. The van der Waals surface area contributed by atoms with Crippen LogP contribution in [0.2, 0.25) is 0 Å². The molecule has 1 aromatic heterocycles. The quantitative estimate of drug-likeness (QED) is 0.637. The van der Waals surface area contributed by atoms with Gasteiger partial charge >= 0.3 is 0 Å². The first kappa shape index (κ1) is 11.3. The SMILES string of the molecule is Cc1cc(Br)c(C(Cl)C2C3C4CCC(C4)C32)s1. The van der Waals surface area contributed by atoms with E-state index in [4.69, 9.17) is 11.6 Å². The van der Waals surface area contributed by atoms with Crippen molar-refractivity contribution in [2.45, 2.75) is 31.6 Å². The van der Waals surface area contributed by atoms with Crippen molar-refractivity contribution in [2.24, 2.45) is 29.6 Å². The average molecular weight is 332 g/mol. The summed E-state index contributed by atoms with van der Waals surface area (Å²) in [6, 6.07) is 2.21. The smallest absolute Gasteiger partial charge is 0.0723 e. The molecular weight excluding hydrogens is 316 g/mol. The van der Waals surface area contributed by atoms with Gasteiger partial charge in [0.2, 0.25) is 0 Å². The van der Waals surface area contributed by atoms with Crippen LogP contribution in [0.5, 0.6) is 0 Å². The Morgan fingerprint density at radius 1 is 1.35 bits per heavy atom. The number of rotatable bonds is 2. The molecule has 3 saturated carbocycles. The zero-order valence-electron chi connectivity index (χ0n) is 9.83. The second-order valence-electron chi connectivity index (χ2n) is 6.04. The third-order valence-corrected chi connectivity index (χ3v) is 7.91. The van der Waals surface area contributed by atoms with E-state index < -0.39 is 0 Å². The summed E-state index contributed by atoms with van der Waals surface area (Å²) in [4.78, 5) is 2.74. The molecule has 1 heterocycles. The van der Waals surface area contributed by atoms with Crippen molar-refractivity contribution >= 4 is 38.9 Å². The first-order valence-electron chi connectivity index (χ1n) is 6.56. The summed E-state index contributed by atoms with van der Waals surface area (Å²) in [6.07, 6.45) is 4.48. The lowest BCUT2D eigenvalue weighted by molar-refractivity contribution is 0.456. The molecule has 0 aromatic carbocycles. The van der Waals surface area contributed by atoms with Crippen molar-refractivity contribution in [3.63, 3.8) is 0 Å². The standard InChI is InChI=1S/C14H16BrClS/c1-6-4-9(15)14(17-6)13(16)12-10-7-2-3-8(5-7)11(10)12/h4,7-8,10-13H,2-3,5H2,1H3. The molecule has 5 unspecified atom stereocenters. The van der Waals surface area contributed by atoms with E-state index >= 15 is 0 Å². The zero-order valence-corrected chi connectivity index (χ0v) is 13.0. The minimum Gasteiger partial charge on any atom is -0.143 e. The molecule has 3 aliphatic rings. The first-order chi connectivity index (χ1) is 8.16. The molecule has 0 N–H and O–H groups in total. The van der Waals surface area contributed by atoms with Crippen LogP contribution in [0.15, 0.2) is 10.5 Å². The predicted octanol–water partition coefficient (Wildman–Crippen LogP) is 5.39. The highest BCUT2D eigenvalue weighted by molar-refractivity contribution is 9.10. The van der Waals surface area contributed by atoms with Gasteiger partial charge in [0, 0.05) is 14.2 Å². The maximum absolute atomic E-state index is 6.76. The lowest BCUT2D eigenvalue weighted by Crippen LogP contribution is -2.03. The summed E-state index contributed by atoms with van der Waals surface area (Å²) in [5, 5.41) is 0.265. The van der Waals surface area contributed by atoms with Crippen LogP contribution in [0.4, 0.5) is 0 Å². The fourth-order valence-electron chi connectivity index (χ4n) is 4.65. The third-order valence-electron chi connectivity index (χ3n) is 5.22. The Labute approximate surface area is 120 Å². The molecule has 17 heavy (non-hydrogen) atoms. The molecule has 5 atom stereocenters. The molecule has 3 aliphatic carbocycles. The van der Waals surface area contributed by atoms with Gasteiger partial charge in [0.25, 0.3) is 0 Å². The lowest BCUT2D eigenvalue weighted by Gasteiger charge is -2.13. The maximum atomic E-state index is 6.76. The van der Waals surface area contributed by atoms with Crippen molar-refractivity contribution in [2.75, 3.05) is 0 Å². The van der Waals surface area contributed by atoms with Gasteiger partial charge in [-0.15, -0.1) is 22.9 Å². The number of fused-ring (bicyclic) bond motifs is 5. The molecule has 92 valence electrons. The number of hydrogen-bond acceptors (Lipinski definition) is 1. The molecule has 0 amide bonds. The van der Waals surface area contributed by atoms with Gasteiger partial charge in [0.15, 0.2) is 0 Å². The predicted molar refractivity (Wildman–Crippen MR) is 76.7 cm³/mol. The molecule has 2 bridgehead atoms. The third kappa shape index (κ3) is 1.53. The van der Waals surface area contributed by atoms with Crippen molar-refractivity contribution in [3.8, 4) is 0 Å². The molecule has 1 aromatic rings. The number of alkyl halides is 1. The molecule has 0 spiro atoms. The summed E-state index contributed by atoms with van der Waals surface area (Å²) < 4.78 is 1.23. The molecule has 4 rings (SSSR count). The monoisotopic (exact) mass is 330 g/mol. The topological polar surface area (TPSA) is 0 Å². The van der Waals surface area contributed by atoms with Gasteiger partial charge < -0.3 is 0 Å². The van der Waals surface area contributed by atoms with E-state index in [-0.39, 0.29) is 5.38 Å². The molecule has 0 nitrogen and oxygen atoms in total. The van der Waals surface area contributed by atoms with Crippen LogP contribution in [-0.2, 0) is 0 Å². The Balaban J connectivity index is 1.59. The van der Waals surface area contributed by atoms with Crippen LogP contribution in [0, 0.1) is 36.5 Å². The Bertz CT molecular complexity index is 453. The molecule has 0 aliphatic heterocycles. The van der Waals surface area contributed by atoms with Gasteiger partial charge in [0.05, 0.1) is 5.38 Å². The fourth-order valence-corrected chi connectivity index (χ4v) is 7.30. The first-order valence-corrected chi connectivity index (χ1v) is 8.61. The van der Waals surface area contributed by atoms with Crippen molar-refractivity contribution in [1.29, 1.82) is 0 Å². The van der Waals surface area contributed by atoms with E-state index in [1.54, 1.807) is 0 Å². The van der Waals surface area contributed by atoms with Crippen LogP contribution in [0.1, 0.15) is 34.4 Å². The Morgan fingerprint density at radius 2 is 2.00 bits per heavy atom. The maximum Gasteiger partial charge on any atom is 0.0723 e. The van der Waals surface area contributed by atoms with Crippen LogP contribution >= 0.6 is 38.9 Å². The fraction of sp³-hybridized carbons (Fsp3) is 0.714. The molecule has 0 saturated heterocycles.